The second-order valence-corrected chi connectivity index (χ2v) is 3.17. The maximum absolute atomic E-state index is 11.0. The number of carbonyl (C=O) groups excluding carboxylic acids is 1. The Bertz CT molecular complexity index is 463. The summed E-state index contributed by atoms with van der Waals surface area (Å²) in [5.41, 5.74) is 1.91. The Balaban J connectivity index is 2.28. The average molecular weight is 217 g/mol. The van der Waals surface area contributed by atoms with Crippen LogP contribution >= 0.6 is 0 Å². The number of ether oxygens (including phenoxy) is 2. The Morgan fingerprint density at radius 3 is 2.94 bits per heavy atom. The van der Waals surface area contributed by atoms with E-state index in [1.807, 2.05) is 24.3 Å². The van der Waals surface area contributed by atoms with Gasteiger partial charge in [0.25, 0.3) is 0 Å². The molecule has 1 aromatic carbocycles. The van der Waals surface area contributed by atoms with Gasteiger partial charge >= 0.3 is 6.16 Å². The molecule has 0 aliphatic carbocycles. The van der Waals surface area contributed by atoms with Crippen LogP contribution in [0.4, 0.5) is 10.5 Å². The molecule has 4 heteroatoms. The third-order valence-electron chi connectivity index (χ3n) is 2.11. The molecule has 0 radical (unpaired) electrons. The van der Waals surface area contributed by atoms with Crippen LogP contribution in [-0.2, 0) is 9.47 Å². The maximum Gasteiger partial charge on any atom is 0.513 e. The minimum atomic E-state index is -0.727. The molecule has 16 heavy (non-hydrogen) atoms. The quantitative estimate of drug-likeness (QED) is 0.735. The van der Waals surface area contributed by atoms with Crippen LogP contribution in [0.2, 0.25) is 0 Å². The van der Waals surface area contributed by atoms with E-state index in [0.29, 0.717) is 5.76 Å². The fourth-order valence-corrected chi connectivity index (χ4v) is 1.37. The van der Waals surface area contributed by atoms with Crippen molar-refractivity contribution in [3.05, 3.63) is 47.9 Å². The molecular weight excluding hydrogens is 206 g/mol. The Labute approximate surface area is 93.2 Å². The van der Waals surface area contributed by atoms with Gasteiger partial charge in [-0.25, -0.2) is 4.79 Å². The van der Waals surface area contributed by atoms with Crippen LogP contribution in [0.5, 0.6) is 0 Å². The largest absolute Gasteiger partial charge is 0.513 e. The lowest BCUT2D eigenvalue weighted by Crippen LogP contribution is -2.02. The van der Waals surface area contributed by atoms with E-state index in [4.69, 9.17) is 4.74 Å². The fraction of sp³-hybridized carbons (Fsp3) is 0.0833. The molecule has 1 aliphatic rings. The van der Waals surface area contributed by atoms with Gasteiger partial charge in [-0.2, -0.15) is 0 Å². The number of rotatable bonds is 1. The molecule has 0 aromatic heterocycles. The second kappa shape index (κ2) is 4.53. The van der Waals surface area contributed by atoms with Crippen LogP contribution in [-0.4, -0.2) is 13.3 Å². The van der Waals surface area contributed by atoms with Crippen LogP contribution in [0.15, 0.2) is 42.3 Å². The number of hydrogen-bond acceptors (Lipinski definition) is 4. The summed E-state index contributed by atoms with van der Waals surface area (Å²) in [5.74, 6) is 0.435. The van der Waals surface area contributed by atoms with Crippen LogP contribution < -0.4 is 5.32 Å². The van der Waals surface area contributed by atoms with Gasteiger partial charge in [-0.1, -0.05) is 18.2 Å². The second-order valence-electron chi connectivity index (χ2n) is 3.17. The van der Waals surface area contributed by atoms with Crippen LogP contribution in [0.3, 0.4) is 0 Å². The zero-order valence-corrected chi connectivity index (χ0v) is 8.77. The standard InChI is InChI=1S/C12H11NO3/c1-15-12(14)16-10-6-7-13-11-5-3-2-4-9(11)8-10/h2-8,13H,1H3. The normalized spacial score (nSPS) is 12.9. The molecular formula is C12H11NO3. The molecule has 0 saturated heterocycles. The van der Waals surface area contributed by atoms with Crippen molar-refractivity contribution in [1.82, 2.24) is 0 Å². The summed E-state index contributed by atoms with van der Waals surface area (Å²) in [7, 11) is 1.27. The molecule has 0 spiro atoms. The Kier molecular flexibility index (Phi) is 2.91. The van der Waals surface area contributed by atoms with E-state index < -0.39 is 6.16 Å². The van der Waals surface area contributed by atoms with Crippen molar-refractivity contribution < 1.29 is 14.3 Å². The highest BCUT2D eigenvalue weighted by atomic mass is 16.7. The zero-order chi connectivity index (χ0) is 11.4. The molecule has 0 saturated carbocycles. The summed E-state index contributed by atoms with van der Waals surface area (Å²) in [4.78, 5) is 11.0. The van der Waals surface area contributed by atoms with Gasteiger partial charge in [-0.15, -0.1) is 0 Å². The molecule has 2 rings (SSSR count). The molecule has 0 fully saturated rings. The third-order valence-corrected chi connectivity index (χ3v) is 2.11. The van der Waals surface area contributed by atoms with Crippen LogP contribution in [0, 0.1) is 0 Å². The van der Waals surface area contributed by atoms with E-state index >= 15 is 0 Å². The van der Waals surface area contributed by atoms with Crippen molar-refractivity contribution in [3.8, 4) is 0 Å². The maximum atomic E-state index is 11.0. The van der Waals surface area contributed by atoms with Gasteiger partial charge in [-0.3, -0.25) is 0 Å². The Morgan fingerprint density at radius 2 is 2.12 bits per heavy atom. The van der Waals surface area contributed by atoms with Gasteiger partial charge < -0.3 is 14.8 Å². The van der Waals surface area contributed by atoms with Crippen molar-refractivity contribution in [2.75, 3.05) is 12.4 Å². The van der Waals surface area contributed by atoms with Crippen molar-refractivity contribution in [2.45, 2.75) is 0 Å². The lowest BCUT2D eigenvalue weighted by atomic mass is 10.1. The summed E-state index contributed by atoms with van der Waals surface area (Å²) in [6.45, 7) is 0. The van der Waals surface area contributed by atoms with Crippen molar-refractivity contribution in [3.63, 3.8) is 0 Å². The number of nitrogens with one attached hydrogen (secondary N) is 1. The van der Waals surface area contributed by atoms with E-state index in [0.717, 1.165) is 11.3 Å². The Hall–Kier alpha value is -2.23. The van der Waals surface area contributed by atoms with Crippen molar-refractivity contribution in [2.24, 2.45) is 0 Å². The highest BCUT2D eigenvalue weighted by molar-refractivity contribution is 5.73. The first-order valence-corrected chi connectivity index (χ1v) is 4.79. The number of fused-ring (bicyclic) bond motifs is 1. The lowest BCUT2D eigenvalue weighted by Gasteiger charge is -2.03. The molecule has 0 atom stereocenters. The number of para-hydroxylation sites is 1. The first-order valence-electron chi connectivity index (χ1n) is 4.79. The van der Waals surface area contributed by atoms with Gasteiger partial charge in [-0.05, 0) is 18.2 Å². The number of carbonyl (C=O) groups is 1. The lowest BCUT2D eigenvalue weighted by molar-refractivity contribution is 0.101. The van der Waals surface area contributed by atoms with Gasteiger partial charge in [0.1, 0.15) is 5.76 Å². The topological polar surface area (TPSA) is 47.6 Å². The summed E-state index contributed by atoms with van der Waals surface area (Å²) in [6, 6.07) is 7.71. The smallest absolute Gasteiger partial charge is 0.437 e. The predicted molar refractivity (Wildman–Crippen MR) is 60.7 cm³/mol. The third kappa shape index (κ3) is 2.23. The van der Waals surface area contributed by atoms with E-state index in [-0.39, 0.29) is 0 Å². The number of benzene rings is 1. The van der Waals surface area contributed by atoms with Gasteiger partial charge in [0, 0.05) is 17.5 Å². The molecule has 1 aliphatic heterocycles. The molecule has 1 N–H and O–H groups in total. The first-order chi connectivity index (χ1) is 7.79. The Morgan fingerprint density at radius 1 is 1.31 bits per heavy atom. The fourth-order valence-electron chi connectivity index (χ4n) is 1.37. The summed E-state index contributed by atoms with van der Waals surface area (Å²) >= 11 is 0. The van der Waals surface area contributed by atoms with E-state index in [1.165, 1.54) is 7.11 Å². The molecule has 4 nitrogen and oxygen atoms in total. The molecule has 1 heterocycles. The summed E-state index contributed by atoms with van der Waals surface area (Å²) in [6.07, 6.45) is 4.41. The number of hydrogen-bond donors (Lipinski definition) is 1. The average Bonchev–Trinajstić information content (AvgIpc) is 2.50. The molecule has 0 unspecified atom stereocenters. The first kappa shape index (κ1) is 10.3. The monoisotopic (exact) mass is 217 g/mol. The van der Waals surface area contributed by atoms with E-state index in [9.17, 15) is 4.79 Å². The summed E-state index contributed by atoms with van der Waals surface area (Å²) < 4.78 is 9.38. The van der Waals surface area contributed by atoms with Gasteiger partial charge in [0.2, 0.25) is 0 Å². The molecule has 0 amide bonds. The highest BCUT2D eigenvalue weighted by Gasteiger charge is 2.08. The van der Waals surface area contributed by atoms with E-state index in [2.05, 4.69) is 10.1 Å². The van der Waals surface area contributed by atoms with Crippen molar-refractivity contribution >= 4 is 17.9 Å². The van der Waals surface area contributed by atoms with Crippen LogP contribution in [0.25, 0.3) is 6.08 Å². The zero-order valence-electron chi connectivity index (χ0n) is 8.77. The van der Waals surface area contributed by atoms with Gasteiger partial charge in [0.15, 0.2) is 0 Å². The SMILES string of the molecule is COC(=O)OC1=Cc2ccccc2NC=C1. The van der Waals surface area contributed by atoms with Crippen LogP contribution in [0.1, 0.15) is 5.56 Å². The van der Waals surface area contributed by atoms with Crippen molar-refractivity contribution in [1.29, 1.82) is 0 Å². The molecule has 1 aromatic rings. The molecule has 82 valence electrons. The van der Waals surface area contributed by atoms with E-state index in [1.54, 1.807) is 18.4 Å². The molecule has 0 bridgehead atoms. The minimum Gasteiger partial charge on any atom is -0.437 e. The predicted octanol–water partition coefficient (Wildman–Crippen LogP) is 2.75. The number of methoxy groups -OCH3 is 1. The number of allylic oxidation sites excluding steroid dienone is 1. The highest BCUT2D eigenvalue weighted by Crippen LogP contribution is 2.22. The van der Waals surface area contributed by atoms with Gasteiger partial charge in [0.05, 0.1) is 7.11 Å². The minimum absolute atomic E-state index is 0.435. The summed E-state index contributed by atoms with van der Waals surface area (Å²) in [5, 5.41) is 3.08. The number of anilines is 1.